The van der Waals surface area contributed by atoms with Crippen LogP contribution in [0.25, 0.3) is 0 Å². The van der Waals surface area contributed by atoms with E-state index in [1.165, 1.54) is 0 Å². The maximum absolute atomic E-state index is 13.1. The number of hydrogen-bond acceptors (Lipinski definition) is 4. The van der Waals surface area contributed by atoms with Crippen LogP contribution in [0.3, 0.4) is 0 Å². The van der Waals surface area contributed by atoms with E-state index in [-0.39, 0.29) is 17.2 Å². The predicted molar refractivity (Wildman–Crippen MR) is 94.4 cm³/mol. The third kappa shape index (κ3) is 3.16. The van der Waals surface area contributed by atoms with Crippen LogP contribution >= 0.6 is 12.6 Å². The fraction of sp³-hybridized carbons (Fsp3) is 0.588. The molecule has 0 aliphatic carbocycles. The zero-order valence-electron chi connectivity index (χ0n) is 13.9. The third-order valence-corrected chi connectivity index (χ3v) is 5.33. The van der Waals surface area contributed by atoms with Crippen molar-refractivity contribution in [1.82, 2.24) is 10.2 Å². The van der Waals surface area contributed by atoms with Crippen molar-refractivity contribution in [1.29, 1.82) is 0 Å². The number of nitrogens with one attached hydrogen (secondary N) is 1. The van der Waals surface area contributed by atoms with Gasteiger partial charge in [0.1, 0.15) is 0 Å². The van der Waals surface area contributed by atoms with E-state index < -0.39 is 5.66 Å². The third-order valence-electron chi connectivity index (χ3n) is 4.69. The summed E-state index contributed by atoms with van der Waals surface area (Å²) in [6.45, 7) is 9.40. The first-order valence-electron chi connectivity index (χ1n) is 7.88. The van der Waals surface area contributed by atoms with Gasteiger partial charge in [0, 0.05) is 23.9 Å². The highest BCUT2D eigenvalue weighted by Crippen LogP contribution is 2.27. The summed E-state index contributed by atoms with van der Waals surface area (Å²) >= 11 is 4.68. The highest BCUT2D eigenvalue weighted by atomic mass is 32.1. The van der Waals surface area contributed by atoms with Crippen molar-refractivity contribution in [3.8, 4) is 0 Å². The number of thiol groups is 1. The van der Waals surface area contributed by atoms with Gasteiger partial charge in [-0.2, -0.15) is 12.6 Å². The number of benzene rings is 1. The lowest BCUT2D eigenvalue weighted by Gasteiger charge is -2.49. The van der Waals surface area contributed by atoms with Crippen LogP contribution in [0.4, 0.5) is 0 Å². The second-order valence-electron chi connectivity index (χ2n) is 6.38. The van der Waals surface area contributed by atoms with E-state index in [4.69, 9.17) is 5.73 Å². The Kier molecular flexibility index (Phi) is 5.20. The molecule has 1 aromatic rings. The van der Waals surface area contributed by atoms with Gasteiger partial charge in [0.25, 0.3) is 5.91 Å². The minimum absolute atomic E-state index is 0.0388. The number of nitrogens with two attached hydrogens (primary N) is 1. The van der Waals surface area contributed by atoms with E-state index in [1.807, 2.05) is 43.9 Å². The van der Waals surface area contributed by atoms with Crippen LogP contribution < -0.4 is 11.1 Å². The first kappa shape index (κ1) is 17.3. The molecule has 1 saturated heterocycles. The van der Waals surface area contributed by atoms with Crippen molar-refractivity contribution in [2.75, 3.05) is 13.1 Å². The van der Waals surface area contributed by atoms with Gasteiger partial charge < -0.3 is 10.6 Å². The fourth-order valence-electron chi connectivity index (χ4n) is 3.21. The van der Waals surface area contributed by atoms with Crippen LogP contribution in [0.1, 0.15) is 41.8 Å². The molecule has 1 aliphatic heterocycles. The van der Waals surface area contributed by atoms with Crippen molar-refractivity contribution in [3.63, 3.8) is 0 Å². The molecule has 0 spiro atoms. The molecule has 122 valence electrons. The Hall–Kier alpha value is -1.04. The topological polar surface area (TPSA) is 58.4 Å². The van der Waals surface area contributed by atoms with Crippen molar-refractivity contribution in [2.45, 2.75) is 51.1 Å². The molecule has 4 nitrogen and oxygen atoms in total. The number of nitrogens with zero attached hydrogens (tertiary/aromatic N) is 1. The van der Waals surface area contributed by atoms with Crippen LogP contribution in [0.15, 0.2) is 18.2 Å². The second kappa shape index (κ2) is 6.60. The molecule has 3 unspecified atom stereocenters. The van der Waals surface area contributed by atoms with Crippen LogP contribution in [0, 0.1) is 13.8 Å². The van der Waals surface area contributed by atoms with E-state index in [9.17, 15) is 4.79 Å². The van der Waals surface area contributed by atoms with Gasteiger partial charge in [0.15, 0.2) is 0 Å². The number of rotatable bonds is 3. The zero-order chi connectivity index (χ0) is 16.5. The monoisotopic (exact) mass is 321 g/mol. The van der Waals surface area contributed by atoms with Gasteiger partial charge in [-0.05, 0) is 44.4 Å². The highest BCUT2D eigenvalue weighted by Gasteiger charge is 2.43. The molecule has 1 heterocycles. The molecule has 5 heteroatoms. The van der Waals surface area contributed by atoms with E-state index in [0.717, 1.165) is 23.1 Å². The molecule has 3 atom stereocenters. The minimum Gasteiger partial charge on any atom is -0.330 e. The van der Waals surface area contributed by atoms with Crippen LogP contribution in [0.5, 0.6) is 0 Å². The molecule has 2 rings (SSSR count). The Labute approximate surface area is 138 Å². The van der Waals surface area contributed by atoms with Crippen LogP contribution in [-0.2, 0) is 0 Å². The molecule has 1 aliphatic rings. The summed E-state index contributed by atoms with van der Waals surface area (Å²) in [6.07, 6.45) is 0.860. The van der Waals surface area contributed by atoms with Crippen molar-refractivity contribution < 1.29 is 4.79 Å². The average molecular weight is 321 g/mol. The van der Waals surface area contributed by atoms with Gasteiger partial charge in [-0.3, -0.25) is 10.1 Å². The largest absolute Gasteiger partial charge is 0.330 e. The van der Waals surface area contributed by atoms with Crippen LogP contribution in [0.2, 0.25) is 0 Å². The standard InChI is InChI=1S/C17H27N3OS/c1-5-14(22)15-17(4,18)19-9-10-20(15)16(21)13-8-6-7-11(2)12(13)3/h6-8,14-15,19,22H,5,9-10,18H2,1-4H3. The maximum Gasteiger partial charge on any atom is 0.254 e. The Balaban J connectivity index is 2.39. The van der Waals surface area contributed by atoms with Gasteiger partial charge in [-0.1, -0.05) is 19.1 Å². The van der Waals surface area contributed by atoms with E-state index >= 15 is 0 Å². The molecule has 3 N–H and O–H groups in total. The molecule has 0 bridgehead atoms. The molecule has 1 aromatic carbocycles. The normalized spacial score (nSPS) is 26.8. The number of piperazine rings is 1. The molecule has 0 radical (unpaired) electrons. The Morgan fingerprint density at radius 3 is 2.86 bits per heavy atom. The number of amides is 1. The predicted octanol–water partition coefficient (Wildman–Crippen LogP) is 2.10. The number of hydrogen-bond donors (Lipinski definition) is 3. The lowest BCUT2D eigenvalue weighted by Crippen LogP contribution is -2.73. The van der Waals surface area contributed by atoms with Crippen LogP contribution in [-0.4, -0.2) is 40.9 Å². The number of carbonyl (C=O) groups is 1. The summed E-state index contributed by atoms with van der Waals surface area (Å²) in [4.78, 5) is 15.0. The smallest absolute Gasteiger partial charge is 0.254 e. The average Bonchev–Trinajstić information content (AvgIpc) is 2.47. The quantitative estimate of drug-likeness (QED) is 0.747. The molecular formula is C17H27N3OS. The Bertz CT molecular complexity index is 559. The molecular weight excluding hydrogens is 294 g/mol. The van der Waals surface area contributed by atoms with Crippen molar-refractivity contribution >= 4 is 18.5 Å². The minimum atomic E-state index is -0.631. The van der Waals surface area contributed by atoms with E-state index in [2.05, 4.69) is 24.9 Å². The summed E-state index contributed by atoms with van der Waals surface area (Å²) in [6, 6.07) is 5.73. The maximum atomic E-state index is 13.1. The fourth-order valence-corrected chi connectivity index (χ4v) is 3.68. The summed E-state index contributed by atoms with van der Waals surface area (Å²) in [7, 11) is 0. The van der Waals surface area contributed by atoms with Crippen molar-refractivity contribution in [3.05, 3.63) is 34.9 Å². The van der Waals surface area contributed by atoms with Gasteiger partial charge in [0.05, 0.1) is 11.7 Å². The second-order valence-corrected chi connectivity index (χ2v) is 7.04. The Morgan fingerprint density at radius 1 is 1.55 bits per heavy atom. The molecule has 0 aromatic heterocycles. The molecule has 1 amide bonds. The zero-order valence-corrected chi connectivity index (χ0v) is 14.8. The SMILES string of the molecule is CCC(S)C1N(C(=O)c2cccc(C)c2C)CCNC1(C)N. The first-order chi connectivity index (χ1) is 10.3. The van der Waals surface area contributed by atoms with E-state index in [1.54, 1.807) is 0 Å². The van der Waals surface area contributed by atoms with E-state index in [0.29, 0.717) is 13.1 Å². The summed E-state index contributed by atoms with van der Waals surface area (Å²) < 4.78 is 0. The number of aryl methyl sites for hydroxylation is 1. The molecule has 22 heavy (non-hydrogen) atoms. The highest BCUT2D eigenvalue weighted by molar-refractivity contribution is 7.81. The van der Waals surface area contributed by atoms with Gasteiger partial charge in [-0.25, -0.2) is 0 Å². The van der Waals surface area contributed by atoms with Gasteiger partial charge >= 0.3 is 0 Å². The Morgan fingerprint density at radius 2 is 2.23 bits per heavy atom. The number of carbonyl (C=O) groups excluding carboxylic acids is 1. The summed E-state index contributed by atoms with van der Waals surface area (Å²) in [5.74, 6) is 0.0527. The summed E-state index contributed by atoms with van der Waals surface area (Å²) in [5, 5.41) is 3.36. The van der Waals surface area contributed by atoms with Gasteiger partial charge in [0.2, 0.25) is 0 Å². The van der Waals surface area contributed by atoms with Gasteiger partial charge in [-0.15, -0.1) is 0 Å². The molecule has 0 saturated carbocycles. The lowest BCUT2D eigenvalue weighted by atomic mass is 9.92. The van der Waals surface area contributed by atoms with Crippen molar-refractivity contribution in [2.24, 2.45) is 5.73 Å². The molecule has 1 fully saturated rings. The lowest BCUT2D eigenvalue weighted by molar-refractivity contribution is 0.0407. The summed E-state index contributed by atoms with van der Waals surface area (Å²) in [5.41, 5.74) is 8.72. The first-order valence-corrected chi connectivity index (χ1v) is 8.40.